The third-order valence-corrected chi connectivity index (χ3v) is 20.7. The van der Waals surface area contributed by atoms with Crippen LogP contribution in [0.15, 0.2) is 177 Å². The minimum Gasteiger partial charge on any atom is -0.399 e. The van der Waals surface area contributed by atoms with Crippen LogP contribution in [0.5, 0.6) is 0 Å². The molecular formula is C75H82Cl6F12N22O12S4. The molecule has 0 radical (unpaired) electrons. The molecule has 0 unspecified atom stereocenters. The van der Waals surface area contributed by atoms with Crippen molar-refractivity contribution in [3.05, 3.63) is 254 Å². The summed E-state index contributed by atoms with van der Waals surface area (Å²) in [6.07, 6.45) is -8.60. The van der Waals surface area contributed by atoms with E-state index < -0.39 is 114 Å². The summed E-state index contributed by atoms with van der Waals surface area (Å²) in [6, 6.07) is 36.5. The van der Waals surface area contributed by atoms with Crippen LogP contribution in [-0.2, 0) is 109 Å². The maximum Gasteiger partial charge on any atom is 0.421 e. The summed E-state index contributed by atoms with van der Waals surface area (Å²) in [7, 11) is 0.905. The second kappa shape index (κ2) is 52.6. The highest BCUT2D eigenvalue weighted by Crippen LogP contribution is 2.39. The molecule has 11 aromatic rings. The molecule has 0 aliphatic carbocycles. The van der Waals surface area contributed by atoms with Gasteiger partial charge in [0.25, 0.3) is 0 Å². The van der Waals surface area contributed by atoms with Gasteiger partial charge in [-0.3, -0.25) is 12.9 Å². The number of hydrogen-bond donors (Lipinski definition) is 13. The van der Waals surface area contributed by atoms with Gasteiger partial charge in [-0.15, -0.1) is 11.6 Å². The van der Waals surface area contributed by atoms with Gasteiger partial charge in [0.2, 0.25) is 62.4 Å². The number of nitrogens with zero attached hydrogens (tertiary/aromatic N) is 14. The number of rotatable bonds is 25. The number of sulfonamides is 3. The van der Waals surface area contributed by atoms with E-state index >= 15 is 0 Å². The molecule has 34 nitrogen and oxygen atoms in total. The minimum absolute atomic E-state index is 0.0419. The van der Waals surface area contributed by atoms with Gasteiger partial charge in [0, 0.05) is 151 Å². The number of pyridine rings is 3. The maximum absolute atomic E-state index is 13.5. The number of alkyl halides is 13. The van der Waals surface area contributed by atoms with E-state index in [4.69, 9.17) is 93.3 Å². The molecule has 0 aliphatic heterocycles. The third-order valence-electron chi connectivity index (χ3n) is 16.1. The van der Waals surface area contributed by atoms with Gasteiger partial charge in [-0.1, -0.05) is 89.9 Å². The number of nitrogen functional groups attached to an aromatic ring is 1. The predicted molar refractivity (Wildman–Crippen MR) is 478 cm³/mol. The van der Waals surface area contributed by atoms with Crippen molar-refractivity contribution in [3.63, 3.8) is 0 Å². The summed E-state index contributed by atoms with van der Waals surface area (Å²) in [5, 5.41) is 54.7. The number of aromatic nitrogens is 11. The van der Waals surface area contributed by atoms with Crippen LogP contribution in [0.25, 0.3) is 0 Å². The highest BCUT2D eigenvalue weighted by Gasteiger charge is 2.39. The first-order valence-electron chi connectivity index (χ1n) is 36.2. The third kappa shape index (κ3) is 39.4. The number of aliphatic hydroxyl groups is 5. The van der Waals surface area contributed by atoms with Crippen molar-refractivity contribution >= 4 is 177 Å². The molecule has 56 heteroatoms. The highest BCUT2D eigenvalue weighted by atomic mass is 36.0. The molecule has 0 bridgehead atoms. The normalized spacial score (nSPS) is 11.4. The number of nitrogens with one attached hydrogen (secondary N) is 5. The standard InChI is InChI=1S/C20H20ClF3N6O2S.C20H21F3N6O3S.C12H9ClF3N3O.C8H13N3O2S.C7H9NO.C5HCl2F3N2.C3H9NO2.Cl2OS/c1-30(33(2,31)32)18-14(4-3-9-25-18)11-26-17-16(20(22,23)24)12-27-19(29-17)28-15-7-5-13(10-21)6-8-15;1-29(33(2,31)32)18-14(4-3-9-24-18)10-25-17-16(20(21,22)23)11-26-19(28-17)27-15-7-5-13(12-30)6-8-15;13-10-9(12(14,15)16)5-17-11(19-10)18-8-3-1-7(6-20)2-4-8;1-11(14(2,12)13)8-7(6-9)4-3-5-10-8;8-7-3-1-6(5-9)2-4-7;6-3-2(5(8,9)10)1-11-4(7)12-3;4-3(1-5)2-6;1-4(2)3/h3-9,12H,10-11H2,1-2H3,(H2,26,27,28,29);3-9,11,30H,10,12H2,1-2H3,(H2,25,26,27,28);1-5,20H,6H2,(H,17,18,19);3-5H,6,9H2,1-2H3;1-4,9H,5,8H2;1H;3,5-6H,1-2,4H2;. The van der Waals surface area contributed by atoms with Crippen molar-refractivity contribution in [2.24, 2.45) is 11.5 Å². The fraction of sp³-hybridized carbons (Fsp3) is 0.267. The van der Waals surface area contributed by atoms with Gasteiger partial charge in [0.15, 0.2) is 0 Å². The van der Waals surface area contributed by atoms with Crippen molar-refractivity contribution in [1.29, 1.82) is 0 Å². The second-order valence-corrected chi connectivity index (χ2v) is 35.7. The van der Waals surface area contributed by atoms with Crippen LogP contribution in [0.2, 0.25) is 15.6 Å². The Morgan fingerprint density at radius 1 is 0.427 bits per heavy atom. The van der Waals surface area contributed by atoms with Crippen LogP contribution in [0.4, 0.5) is 122 Å². The summed E-state index contributed by atoms with van der Waals surface area (Å²) in [5.74, 6) is -0.234. The van der Waals surface area contributed by atoms with Crippen LogP contribution >= 0.6 is 67.8 Å². The number of anilines is 12. The molecule has 0 fully saturated rings. The number of halogens is 18. The first-order chi connectivity index (χ1) is 61.1. The van der Waals surface area contributed by atoms with Gasteiger partial charge in [0.05, 0.1) is 57.8 Å². The van der Waals surface area contributed by atoms with Crippen molar-refractivity contribution < 1.29 is 108 Å². The predicted octanol–water partition coefficient (Wildman–Crippen LogP) is 13.7. The van der Waals surface area contributed by atoms with E-state index in [-0.39, 0.29) is 87.4 Å². The Morgan fingerprint density at radius 3 is 0.985 bits per heavy atom. The molecule has 0 amide bonds. The quantitative estimate of drug-likeness (QED) is 0.00631. The lowest BCUT2D eigenvalue weighted by atomic mass is 10.2. The van der Waals surface area contributed by atoms with Crippen LogP contribution in [0.1, 0.15) is 61.2 Å². The van der Waals surface area contributed by atoms with Crippen LogP contribution in [0, 0.1) is 0 Å². The van der Waals surface area contributed by atoms with Crippen LogP contribution < -0.4 is 56.7 Å². The Morgan fingerprint density at radius 2 is 0.710 bits per heavy atom. The summed E-state index contributed by atoms with van der Waals surface area (Å²) in [4.78, 5) is 40.9. The van der Waals surface area contributed by atoms with Crippen molar-refractivity contribution in [3.8, 4) is 0 Å². The maximum atomic E-state index is 13.5. The van der Waals surface area contributed by atoms with Gasteiger partial charge < -0.3 is 69.3 Å². The SMILES string of the molecule is CN(c1ncccc1CN)S(C)(=O)=O.CN(c1ncccc1CNc1nc(Nc2ccc(CCl)cc2)ncc1C(F)(F)F)S(C)(=O)=O.CN(c1ncccc1CNc1nc(Nc2ccc(CO)cc2)ncc1C(F)(F)F)S(C)(=O)=O.FC(F)(F)c1cnc(Cl)nc1Cl.NC(CO)CO.Nc1ccc(CO)cc1.O=S(Cl)Cl.OCc1ccc(Nc2ncc(C(F)(F)F)c(Cl)n2)cc1. The first-order valence-corrected chi connectivity index (χ1v) is 46.2. The molecule has 7 aromatic heterocycles. The zero-order valence-corrected chi connectivity index (χ0v) is 76.5. The number of hydrogen-bond acceptors (Lipinski definition) is 31. The number of benzene rings is 4. The van der Waals surface area contributed by atoms with Gasteiger partial charge in [-0.25, -0.2) is 74.3 Å². The molecule has 0 aliphatic rings. The van der Waals surface area contributed by atoms with E-state index in [1.54, 1.807) is 133 Å². The molecular weight excluding hydrogens is 1970 g/mol. The molecule has 11 rings (SSSR count). The number of aliphatic hydroxyl groups excluding tert-OH is 5. The molecule has 0 saturated heterocycles. The van der Waals surface area contributed by atoms with E-state index in [1.165, 1.54) is 39.7 Å². The Bertz CT molecular complexity index is 5630. The van der Waals surface area contributed by atoms with Crippen LogP contribution in [0.3, 0.4) is 0 Å². The van der Waals surface area contributed by atoms with Gasteiger partial charge in [-0.2, -0.15) is 62.7 Å². The van der Waals surface area contributed by atoms with E-state index in [0.29, 0.717) is 81.4 Å². The Labute approximate surface area is 773 Å². The van der Waals surface area contributed by atoms with Crippen molar-refractivity contribution in [2.75, 3.05) is 98.4 Å². The van der Waals surface area contributed by atoms with E-state index in [2.05, 4.69) is 103 Å². The Balaban J connectivity index is 0.000000338. The second-order valence-electron chi connectivity index (χ2n) is 25.8. The van der Waals surface area contributed by atoms with E-state index in [9.17, 15) is 77.9 Å². The topological polar surface area (TPSA) is 510 Å². The molecule has 0 saturated carbocycles. The lowest BCUT2D eigenvalue weighted by Gasteiger charge is -2.20. The molecule has 0 spiro atoms. The minimum atomic E-state index is -4.72. The molecule has 714 valence electrons. The van der Waals surface area contributed by atoms with Crippen molar-refractivity contribution in [1.82, 2.24) is 54.8 Å². The molecule has 7 heterocycles. The van der Waals surface area contributed by atoms with Gasteiger partial charge in [-0.05, 0) is 101 Å². The zero-order valence-electron chi connectivity index (χ0n) is 68.7. The van der Waals surface area contributed by atoms with Crippen molar-refractivity contribution in [2.45, 2.75) is 76.1 Å². The van der Waals surface area contributed by atoms with Crippen LogP contribution in [-0.4, -0.2) is 169 Å². The highest BCUT2D eigenvalue weighted by molar-refractivity contribution is 8.26. The molecule has 16 N–H and O–H groups in total. The average molecular weight is 2050 g/mol. The number of nitrogens with two attached hydrogens (primary N) is 3. The summed E-state index contributed by atoms with van der Waals surface area (Å²) in [5.41, 5.74) is 18.5. The fourth-order valence-corrected chi connectivity index (χ4v) is 11.5. The average Bonchev–Trinajstić information content (AvgIpc) is 0.814. The Hall–Kier alpha value is -10.5. The van der Waals surface area contributed by atoms with E-state index in [1.807, 2.05) is 0 Å². The smallest absolute Gasteiger partial charge is 0.399 e. The zero-order chi connectivity index (χ0) is 98.6. The summed E-state index contributed by atoms with van der Waals surface area (Å²) >= 11 is 21.6. The molecule has 131 heavy (non-hydrogen) atoms. The summed E-state index contributed by atoms with van der Waals surface area (Å²) in [6.45, 7) is -0.504. The van der Waals surface area contributed by atoms with Gasteiger partial charge >= 0.3 is 24.7 Å². The Kier molecular flexibility index (Phi) is 45.3. The monoisotopic (exact) mass is 2050 g/mol. The van der Waals surface area contributed by atoms with Gasteiger partial charge in [0.1, 0.15) is 61.6 Å². The largest absolute Gasteiger partial charge is 0.421 e. The lowest BCUT2D eigenvalue weighted by molar-refractivity contribution is -0.138. The molecule has 0 atom stereocenters. The van der Waals surface area contributed by atoms with E-state index in [0.717, 1.165) is 48.5 Å². The molecule has 4 aromatic carbocycles. The first kappa shape index (κ1) is 113. The fourth-order valence-electron chi connectivity index (χ4n) is 9.25. The lowest BCUT2D eigenvalue weighted by Crippen LogP contribution is -2.27. The summed E-state index contributed by atoms with van der Waals surface area (Å²) < 4.78 is 237.